The van der Waals surface area contributed by atoms with Crippen LogP contribution in [0.15, 0.2) is 95.2 Å². The Hall–Kier alpha value is -3.80. The van der Waals surface area contributed by atoms with Gasteiger partial charge in [0.15, 0.2) is 0 Å². The summed E-state index contributed by atoms with van der Waals surface area (Å²) in [6, 6.07) is 23.8. The number of hydrogen-bond acceptors (Lipinski definition) is 6. The predicted molar refractivity (Wildman–Crippen MR) is 94.3 cm³/mol. The molecule has 0 saturated heterocycles. The zero-order valence-electron chi connectivity index (χ0n) is 13.6. The molecule has 6 nitrogen and oxygen atoms in total. The normalized spacial score (nSPS) is 10.5. The molecule has 0 fully saturated rings. The summed E-state index contributed by atoms with van der Waals surface area (Å²) in [5, 5.41) is 8.16. The van der Waals surface area contributed by atoms with Gasteiger partial charge < -0.3 is 0 Å². The minimum absolute atomic E-state index is 0.226. The molecule has 0 aliphatic heterocycles. The van der Waals surface area contributed by atoms with Gasteiger partial charge in [-0.25, -0.2) is 19.4 Å². The lowest BCUT2D eigenvalue weighted by Crippen LogP contribution is -2.11. The summed E-state index contributed by atoms with van der Waals surface area (Å²) >= 11 is 0. The van der Waals surface area contributed by atoms with Gasteiger partial charge in [0.05, 0.1) is 22.5 Å². The number of nitrogens with zero attached hydrogens (tertiary/aromatic N) is 2. The lowest BCUT2D eigenvalue weighted by atomic mass is 10.2. The van der Waals surface area contributed by atoms with Gasteiger partial charge in [-0.15, -0.1) is 0 Å². The summed E-state index contributed by atoms with van der Waals surface area (Å²) < 4.78 is 0. The highest BCUT2D eigenvalue weighted by Gasteiger charge is 2.13. The first-order valence-electron chi connectivity index (χ1n) is 7.77. The maximum absolute atomic E-state index is 11.9. The number of carbonyl (C=O) groups is 2. The van der Waals surface area contributed by atoms with Gasteiger partial charge in [-0.2, -0.15) is 10.2 Å². The van der Waals surface area contributed by atoms with Crippen LogP contribution in [0.2, 0.25) is 0 Å². The van der Waals surface area contributed by atoms with Gasteiger partial charge in [0.2, 0.25) is 0 Å². The van der Waals surface area contributed by atoms with E-state index >= 15 is 0 Å². The maximum Gasteiger partial charge on any atom is 0.386 e. The van der Waals surface area contributed by atoms with Crippen molar-refractivity contribution in [2.24, 2.45) is 10.2 Å². The van der Waals surface area contributed by atoms with Gasteiger partial charge in [-0.05, 0) is 48.5 Å². The standard InChI is InChI=1S/C20H14N2O4/c23-19(15-7-3-1-4-8-15)25-26-20(24)16-11-13-18(14-12-16)22-21-17-9-5-2-6-10-17/h1-14H. The highest BCUT2D eigenvalue weighted by atomic mass is 17.2. The van der Waals surface area contributed by atoms with E-state index in [0.29, 0.717) is 5.69 Å². The monoisotopic (exact) mass is 346 g/mol. The summed E-state index contributed by atoms with van der Waals surface area (Å²) in [4.78, 5) is 32.8. The van der Waals surface area contributed by atoms with Crippen molar-refractivity contribution in [3.8, 4) is 0 Å². The first kappa shape index (κ1) is 17.0. The molecule has 0 spiro atoms. The summed E-state index contributed by atoms with van der Waals surface area (Å²) in [5.41, 5.74) is 1.82. The largest absolute Gasteiger partial charge is 0.386 e. The summed E-state index contributed by atoms with van der Waals surface area (Å²) in [7, 11) is 0. The highest BCUT2D eigenvalue weighted by Crippen LogP contribution is 2.18. The number of azo groups is 1. The molecule has 0 aliphatic rings. The first-order chi connectivity index (χ1) is 12.7. The average Bonchev–Trinajstić information content (AvgIpc) is 2.72. The third-order valence-corrected chi connectivity index (χ3v) is 3.34. The maximum atomic E-state index is 11.9. The van der Waals surface area contributed by atoms with Gasteiger partial charge in [-0.1, -0.05) is 36.4 Å². The van der Waals surface area contributed by atoms with Gasteiger partial charge in [0.25, 0.3) is 0 Å². The smallest absolute Gasteiger partial charge is 0.242 e. The van der Waals surface area contributed by atoms with Gasteiger partial charge >= 0.3 is 11.9 Å². The van der Waals surface area contributed by atoms with E-state index in [1.165, 1.54) is 12.1 Å². The molecule has 128 valence electrons. The number of carbonyl (C=O) groups excluding carboxylic acids is 2. The van der Waals surface area contributed by atoms with Crippen LogP contribution in [0.5, 0.6) is 0 Å². The molecule has 0 heterocycles. The molecule has 3 rings (SSSR count). The van der Waals surface area contributed by atoms with E-state index in [1.54, 1.807) is 42.5 Å². The predicted octanol–water partition coefficient (Wildman–Crippen LogP) is 5.03. The van der Waals surface area contributed by atoms with Crippen molar-refractivity contribution in [3.05, 3.63) is 96.1 Å². The molecule has 0 radical (unpaired) electrons. The van der Waals surface area contributed by atoms with Crippen LogP contribution in [-0.2, 0) is 9.78 Å². The van der Waals surface area contributed by atoms with E-state index in [0.717, 1.165) is 5.69 Å². The van der Waals surface area contributed by atoms with Crippen LogP contribution >= 0.6 is 0 Å². The van der Waals surface area contributed by atoms with Crippen LogP contribution in [0.25, 0.3) is 0 Å². The molecule has 0 unspecified atom stereocenters. The number of rotatable bonds is 4. The van der Waals surface area contributed by atoms with Crippen molar-refractivity contribution in [2.75, 3.05) is 0 Å². The molecule has 0 saturated carbocycles. The molecule has 6 heteroatoms. The Labute approximate surface area is 149 Å². The van der Waals surface area contributed by atoms with Crippen molar-refractivity contribution >= 4 is 23.3 Å². The Bertz CT molecular complexity index is 908. The Kier molecular flexibility index (Phi) is 5.47. The van der Waals surface area contributed by atoms with Crippen LogP contribution in [-0.4, -0.2) is 11.9 Å². The minimum atomic E-state index is -0.777. The molecule has 0 aromatic heterocycles. The highest BCUT2D eigenvalue weighted by molar-refractivity contribution is 5.92. The summed E-state index contributed by atoms with van der Waals surface area (Å²) in [6.07, 6.45) is 0. The molecule has 0 amide bonds. The van der Waals surface area contributed by atoms with Crippen LogP contribution in [0.4, 0.5) is 11.4 Å². The first-order valence-corrected chi connectivity index (χ1v) is 7.77. The minimum Gasteiger partial charge on any atom is -0.242 e. The van der Waals surface area contributed by atoms with Crippen LogP contribution in [0.3, 0.4) is 0 Å². The molecular weight excluding hydrogens is 332 g/mol. The lowest BCUT2D eigenvalue weighted by molar-refractivity contribution is -0.187. The van der Waals surface area contributed by atoms with E-state index in [-0.39, 0.29) is 11.1 Å². The number of hydrogen-bond donors (Lipinski definition) is 0. The Morgan fingerprint density at radius 1 is 0.538 bits per heavy atom. The topological polar surface area (TPSA) is 77.3 Å². The summed E-state index contributed by atoms with van der Waals surface area (Å²) in [6.45, 7) is 0. The third kappa shape index (κ3) is 4.61. The van der Waals surface area contributed by atoms with Crippen molar-refractivity contribution in [3.63, 3.8) is 0 Å². The Balaban J connectivity index is 1.57. The molecule has 0 bridgehead atoms. The van der Waals surface area contributed by atoms with E-state index in [4.69, 9.17) is 0 Å². The molecule has 0 aliphatic carbocycles. The van der Waals surface area contributed by atoms with E-state index in [9.17, 15) is 9.59 Å². The van der Waals surface area contributed by atoms with Gasteiger partial charge in [0.1, 0.15) is 0 Å². The fraction of sp³-hybridized carbons (Fsp3) is 0. The second-order valence-electron chi connectivity index (χ2n) is 5.19. The van der Waals surface area contributed by atoms with Gasteiger partial charge in [-0.3, -0.25) is 0 Å². The zero-order valence-corrected chi connectivity index (χ0v) is 13.6. The van der Waals surface area contributed by atoms with E-state index < -0.39 is 11.9 Å². The second-order valence-corrected chi connectivity index (χ2v) is 5.19. The van der Waals surface area contributed by atoms with Crippen LogP contribution in [0.1, 0.15) is 20.7 Å². The molecular formula is C20H14N2O4. The molecule has 0 N–H and O–H groups in total. The molecule has 3 aromatic rings. The van der Waals surface area contributed by atoms with Gasteiger partial charge in [0, 0.05) is 0 Å². The van der Waals surface area contributed by atoms with E-state index in [2.05, 4.69) is 20.0 Å². The van der Waals surface area contributed by atoms with Crippen molar-refractivity contribution in [1.29, 1.82) is 0 Å². The SMILES string of the molecule is O=C(OOC(=O)c1ccc(N=Nc2ccccc2)cc1)c1ccccc1. The van der Waals surface area contributed by atoms with Crippen LogP contribution < -0.4 is 0 Å². The Morgan fingerprint density at radius 3 is 1.50 bits per heavy atom. The fourth-order valence-electron chi connectivity index (χ4n) is 2.02. The third-order valence-electron chi connectivity index (χ3n) is 3.34. The molecule has 3 aromatic carbocycles. The van der Waals surface area contributed by atoms with Crippen molar-refractivity contribution < 1.29 is 19.4 Å². The summed E-state index contributed by atoms with van der Waals surface area (Å²) in [5.74, 6) is -1.52. The zero-order chi connectivity index (χ0) is 18.2. The molecule has 0 atom stereocenters. The second kappa shape index (κ2) is 8.34. The van der Waals surface area contributed by atoms with Crippen molar-refractivity contribution in [1.82, 2.24) is 0 Å². The lowest BCUT2D eigenvalue weighted by Gasteiger charge is -2.03. The average molecular weight is 346 g/mol. The van der Waals surface area contributed by atoms with Crippen molar-refractivity contribution in [2.45, 2.75) is 0 Å². The quantitative estimate of drug-likeness (QED) is 0.377. The molecule has 26 heavy (non-hydrogen) atoms. The van der Waals surface area contributed by atoms with Crippen LogP contribution in [0, 0.1) is 0 Å². The Morgan fingerprint density at radius 2 is 0.962 bits per heavy atom. The fourth-order valence-corrected chi connectivity index (χ4v) is 2.02. The number of benzene rings is 3. The van der Waals surface area contributed by atoms with E-state index in [1.807, 2.05) is 30.3 Å².